The van der Waals surface area contributed by atoms with Crippen molar-refractivity contribution in [2.45, 2.75) is 25.2 Å². The summed E-state index contributed by atoms with van der Waals surface area (Å²) in [6, 6.07) is 4.09. The van der Waals surface area contributed by atoms with Gasteiger partial charge in [0.2, 0.25) is 10.0 Å². The molecular weight excluding hydrogens is 422 g/mol. The van der Waals surface area contributed by atoms with Crippen molar-refractivity contribution in [2.24, 2.45) is 0 Å². The first-order valence-electron chi connectivity index (χ1n) is 9.40. The van der Waals surface area contributed by atoms with E-state index in [2.05, 4.69) is 4.72 Å². The fourth-order valence-corrected chi connectivity index (χ4v) is 4.13. The highest BCUT2D eigenvalue weighted by Gasteiger charge is 2.25. The number of benzene rings is 1. The van der Waals surface area contributed by atoms with Crippen molar-refractivity contribution in [3.8, 4) is 5.75 Å². The van der Waals surface area contributed by atoms with Crippen molar-refractivity contribution in [1.29, 1.82) is 0 Å². The number of hydrogen-bond donors (Lipinski definition) is 1. The number of carbonyl (C=O) groups is 2. The Bertz CT molecular complexity index is 825. The van der Waals surface area contributed by atoms with Gasteiger partial charge in [0.15, 0.2) is 6.61 Å². The number of hydrogen-bond acceptors (Lipinski definition) is 6. The van der Waals surface area contributed by atoms with Gasteiger partial charge in [0.05, 0.1) is 16.5 Å². The molecule has 0 saturated carbocycles. The van der Waals surface area contributed by atoms with E-state index in [9.17, 15) is 18.0 Å². The topological polar surface area (TPSA) is 105 Å². The van der Waals surface area contributed by atoms with Gasteiger partial charge in [-0.25, -0.2) is 17.9 Å². The van der Waals surface area contributed by atoms with Gasteiger partial charge < -0.3 is 19.3 Å². The van der Waals surface area contributed by atoms with E-state index in [1.165, 1.54) is 18.2 Å². The van der Waals surface area contributed by atoms with Crippen LogP contribution in [0.4, 0.5) is 4.79 Å². The highest BCUT2D eigenvalue weighted by Crippen LogP contribution is 2.27. The predicted molar refractivity (Wildman–Crippen MR) is 108 cm³/mol. The Labute approximate surface area is 175 Å². The van der Waals surface area contributed by atoms with Gasteiger partial charge in [-0.15, -0.1) is 0 Å². The molecule has 1 aromatic carbocycles. The minimum absolute atomic E-state index is 0.0321. The van der Waals surface area contributed by atoms with Crippen LogP contribution in [0.1, 0.15) is 20.3 Å². The van der Waals surface area contributed by atoms with E-state index in [0.717, 1.165) is 0 Å². The second-order valence-electron chi connectivity index (χ2n) is 6.35. The lowest BCUT2D eigenvalue weighted by Crippen LogP contribution is -2.51. The number of piperazine rings is 1. The molecule has 1 aliphatic heterocycles. The first-order valence-corrected chi connectivity index (χ1v) is 11.3. The van der Waals surface area contributed by atoms with Crippen molar-refractivity contribution in [3.63, 3.8) is 0 Å². The summed E-state index contributed by atoms with van der Waals surface area (Å²) in [5, 5.41) is 0.101. The lowest BCUT2D eigenvalue weighted by atomic mass is 10.3. The lowest BCUT2D eigenvalue weighted by Gasteiger charge is -2.34. The number of ether oxygens (including phenoxy) is 2. The predicted octanol–water partition coefficient (Wildman–Crippen LogP) is 1.71. The lowest BCUT2D eigenvalue weighted by molar-refractivity contribution is -0.134. The van der Waals surface area contributed by atoms with Crippen LogP contribution in [0.3, 0.4) is 0 Å². The standard InChI is InChI=1S/C18H26ClN3O6S/c1-3-7-20-29(25,26)14-5-6-16(15(19)12-14)28-13-17(23)21-8-10-22(11-9-21)18(24)27-4-2/h5-6,12,20H,3-4,7-11,13H2,1-2H3. The number of sulfonamides is 1. The van der Waals surface area contributed by atoms with Crippen molar-refractivity contribution in [1.82, 2.24) is 14.5 Å². The molecule has 0 aliphatic carbocycles. The molecular formula is C18H26ClN3O6S. The summed E-state index contributed by atoms with van der Waals surface area (Å²) in [6.45, 7) is 5.55. The van der Waals surface area contributed by atoms with E-state index in [1.807, 2.05) is 6.92 Å². The van der Waals surface area contributed by atoms with Gasteiger partial charge in [-0.1, -0.05) is 18.5 Å². The highest BCUT2D eigenvalue weighted by atomic mass is 35.5. The van der Waals surface area contributed by atoms with Gasteiger partial charge in [-0.3, -0.25) is 4.79 Å². The summed E-state index contributed by atoms with van der Waals surface area (Å²) in [7, 11) is -3.63. The zero-order chi connectivity index (χ0) is 21.4. The van der Waals surface area contributed by atoms with Crippen LogP contribution < -0.4 is 9.46 Å². The van der Waals surface area contributed by atoms with Gasteiger partial charge in [0.25, 0.3) is 5.91 Å². The third-order valence-electron chi connectivity index (χ3n) is 4.27. The second-order valence-corrected chi connectivity index (χ2v) is 8.52. The number of rotatable bonds is 8. The van der Waals surface area contributed by atoms with Crippen LogP contribution in [0.5, 0.6) is 5.75 Å². The van der Waals surface area contributed by atoms with Crippen molar-refractivity contribution >= 4 is 33.6 Å². The van der Waals surface area contributed by atoms with Crippen molar-refractivity contribution < 1.29 is 27.5 Å². The van der Waals surface area contributed by atoms with Crippen LogP contribution >= 0.6 is 11.6 Å². The summed E-state index contributed by atoms with van der Waals surface area (Å²) in [5.41, 5.74) is 0. The monoisotopic (exact) mass is 447 g/mol. The van der Waals surface area contributed by atoms with Crippen LogP contribution in [0.25, 0.3) is 0 Å². The van der Waals surface area contributed by atoms with Gasteiger partial charge in [-0.05, 0) is 31.5 Å². The molecule has 162 valence electrons. The first-order chi connectivity index (χ1) is 13.8. The summed E-state index contributed by atoms with van der Waals surface area (Å²) >= 11 is 6.12. The van der Waals surface area contributed by atoms with Crippen LogP contribution in [0, 0.1) is 0 Å². The third-order valence-corrected chi connectivity index (χ3v) is 6.02. The summed E-state index contributed by atoms with van der Waals surface area (Å²) < 4.78 is 37.1. The van der Waals surface area contributed by atoms with Gasteiger partial charge >= 0.3 is 6.09 Å². The summed E-state index contributed by atoms with van der Waals surface area (Å²) in [6.07, 6.45) is 0.288. The molecule has 1 fully saturated rings. The van der Waals surface area contributed by atoms with Gasteiger partial charge in [0.1, 0.15) is 5.75 Å². The smallest absolute Gasteiger partial charge is 0.409 e. The van der Waals surface area contributed by atoms with E-state index in [0.29, 0.717) is 45.8 Å². The zero-order valence-corrected chi connectivity index (χ0v) is 18.1. The molecule has 9 nitrogen and oxygen atoms in total. The zero-order valence-electron chi connectivity index (χ0n) is 16.5. The molecule has 1 aromatic rings. The normalized spacial score (nSPS) is 14.6. The Morgan fingerprint density at radius 2 is 1.79 bits per heavy atom. The molecule has 0 unspecified atom stereocenters. The summed E-state index contributed by atoms with van der Waals surface area (Å²) in [5.74, 6) is -0.0227. The Balaban J connectivity index is 1.88. The third kappa shape index (κ3) is 6.48. The van der Waals surface area contributed by atoms with E-state index >= 15 is 0 Å². The average molecular weight is 448 g/mol. The average Bonchev–Trinajstić information content (AvgIpc) is 2.71. The maximum atomic E-state index is 12.3. The van der Waals surface area contributed by atoms with Crippen LogP contribution in [0.15, 0.2) is 23.1 Å². The highest BCUT2D eigenvalue weighted by molar-refractivity contribution is 7.89. The molecule has 0 spiro atoms. The number of halogens is 1. The van der Waals surface area contributed by atoms with E-state index in [1.54, 1.807) is 16.7 Å². The Kier molecular flexibility index (Phi) is 8.54. The van der Waals surface area contributed by atoms with E-state index in [-0.39, 0.29) is 34.3 Å². The molecule has 0 aromatic heterocycles. The Hall–Kier alpha value is -2.04. The molecule has 2 amide bonds. The van der Waals surface area contributed by atoms with E-state index in [4.69, 9.17) is 21.1 Å². The van der Waals surface area contributed by atoms with Gasteiger partial charge in [0, 0.05) is 32.7 Å². The molecule has 1 aliphatic rings. The molecule has 1 heterocycles. The first kappa shape index (κ1) is 23.2. The quantitative estimate of drug-likeness (QED) is 0.650. The molecule has 11 heteroatoms. The van der Waals surface area contributed by atoms with Crippen molar-refractivity contribution in [2.75, 3.05) is 45.9 Å². The second kappa shape index (κ2) is 10.7. The van der Waals surface area contributed by atoms with Crippen LogP contribution in [-0.4, -0.2) is 76.2 Å². The molecule has 1 N–H and O–H groups in total. The number of nitrogens with one attached hydrogen (secondary N) is 1. The molecule has 0 atom stereocenters. The maximum Gasteiger partial charge on any atom is 0.409 e. The molecule has 0 bridgehead atoms. The molecule has 1 saturated heterocycles. The minimum atomic E-state index is -3.63. The fourth-order valence-electron chi connectivity index (χ4n) is 2.67. The fraction of sp³-hybridized carbons (Fsp3) is 0.556. The largest absolute Gasteiger partial charge is 0.482 e. The number of amides is 2. The molecule has 0 radical (unpaired) electrons. The Morgan fingerprint density at radius 3 is 2.38 bits per heavy atom. The van der Waals surface area contributed by atoms with E-state index < -0.39 is 10.0 Å². The molecule has 2 rings (SSSR count). The number of carbonyl (C=O) groups excluding carboxylic acids is 2. The van der Waals surface area contributed by atoms with Crippen molar-refractivity contribution in [3.05, 3.63) is 23.2 Å². The molecule has 29 heavy (non-hydrogen) atoms. The summed E-state index contributed by atoms with van der Waals surface area (Å²) in [4.78, 5) is 27.2. The van der Waals surface area contributed by atoms with Crippen LogP contribution in [0.2, 0.25) is 5.02 Å². The maximum absolute atomic E-state index is 12.3. The number of nitrogens with zero attached hydrogens (tertiary/aromatic N) is 2. The minimum Gasteiger partial charge on any atom is -0.482 e. The Morgan fingerprint density at radius 1 is 1.14 bits per heavy atom. The SMILES string of the molecule is CCCNS(=O)(=O)c1ccc(OCC(=O)N2CCN(C(=O)OCC)CC2)c(Cl)c1. The van der Waals surface area contributed by atoms with Gasteiger partial charge in [-0.2, -0.15) is 0 Å². The van der Waals surface area contributed by atoms with Crippen LogP contribution in [-0.2, 0) is 19.6 Å².